The maximum Gasteiger partial charge on any atom is 0.125 e. The summed E-state index contributed by atoms with van der Waals surface area (Å²) in [6, 6.07) is 9.12. The van der Waals surface area contributed by atoms with E-state index in [4.69, 9.17) is 9.47 Å². The molecule has 0 atom stereocenters. The number of hydrogen-bond acceptors (Lipinski definition) is 2. The van der Waals surface area contributed by atoms with E-state index >= 15 is 0 Å². The Morgan fingerprint density at radius 1 is 0.720 bits per heavy atom. The van der Waals surface area contributed by atoms with Crippen molar-refractivity contribution in [3.63, 3.8) is 0 Å². The average Bonchev–Trinajstić information content (AvgIpc) is 2.55. The first-order valence-electron chi connectivity index (χ1n) is 8.96. The van der Waals surface area contributed by atoms with E-state index in [2.05, 4.69) is 74.6 Å². The Kier molecular flexibility index (Phi) is 7.17. The molecule has 0 fully saturated rings. The predicted molar refractivity (Wildman–Crippen MR) is 115 cm³/mol. The zero-order valence-electron chi connectivity index (χ0n) is 16.2. The van der Waals surface area contributed by atoms with Gasteiger partial charge in [-0.1, -0.05) is 46.9 Å². The number of benzene rings is 2. The molecule has 0 unspecified atom stereocenters. The highest BCUT2D eigenvalue weighted by Crippen LogP contribution is 2.35. The van der Waals surface area contributed by atoms with Crippen LogP contribution in [-0.4, -0.2) is 17.6 Å². The van der Waals surface area contributed by atoms with Crippen LogP contribution in [0.5, 0.6) is 11.5 Å². The summed E-state index contributed by atoms with van der Waals surface area (Å²) in [5.41, 5.74) is 7.57. The van der Waals surface area contributed by atoms with Crippen molar-refractivity contribution in [2.75, 3.05) is 17.6 Å². The van der Waals surface area contributed by atoms with E-state index in [1.807, 2.05) is 13.8 Å². The van der Waals surface area contributed by atoms with Gasteiger partial charge in [0.25, 0.3) is 0 Å². The van der Waals surface area contributed by atoms with Gasteiger partial charge in [-0.15, -0.1) is 0 Å². The number of aryl methyl sites for hydroxylation is 4. The highest BCUT2D eigenvalue weighted by atomic mass is 127. The molecule has 0 aliphatic rings. The maximum atomic E-state index is 5.80. The third-order valence-corrected chi connectivity index (χ3v) is 5.38. The summed E-state index contributed by atoms with van der Waals surface area (Å²) in [5, 5.41) is 0. The molecule has 2 aromatic rings. The van der Waals surface area contributed by atoms with E-state index in [1.165, 1.54) is 33.4 Å². The van der Waals surface area contributed by atoms with Crippen LogP contribution in [0, 0.1) is 27.7 Å². The lowest BCUT2D eigenvalue weighted by Gasteiger charge is -2.21. The third-order valence-electron chi connectivity index (χ3n) is 4.50. The Hall–Kier alpha value is -1.23. The lowest BCUT2D eigenvalue weighted by atomic mass is 9.88. The Morgan fingerprint density at radius 3 is 1.28 bits per heavy atom. The Balaban J connectivity index is 2.47. The van der Waals surface area contributed by atoms with Gasteiger partial charge in [0, 0.05) is 10.3 Å². The summed E-state index contributed by atoms with van der Waals surface area (Å²) < 4.78 is 12.6. The van der Waals surface area contributed by atoms with Gasteiger partial charge in [-0.2, -0.15) is 0 Å². The summed E-state index contributed by atoms with van der Waals surface area (Å²) in [4.78, 5) is 0. The minimum atomic E-state index is 0.377. The fraction of sp³-hybridized carbons (Fsp3) is 0.455. The second-order valence-electron chi connectivity index (χ2n) is 6.54. The van der Waals surface area contributed by atoms with Gasteiger partial charge in [-0.25, -0.2) is 0 Å². The third kappa shape index (κ3) is 4.49. The summed E-state index contributed by atoms with van der Waals surface area (Å²) in [5.74, 6) is 2.43. The number of ether oxygens (including phenoxy) is 2. The molecule has 0 heterocycles. The van der Waals surface area contributed by atoms with Crippen LogP contribution in [0.15, 0.2) is 24.3 Å². The monoisotopic (exact) mass is 452 g/mol. The highest BCUT2D eigenvalue weighted by Gasteiger charge is 2.18. The molecule has 0 saturated carbocycles. The molecule has 0 N–H and O–H groups in total. The first-order chi connectivity index (χ1) is 11.9. The predicted octanol–water partition coefficient (Wildman–Crippen LogP) is 6.28. The minimum absolute atomic E-state index is 0.377. The van der Waals surface area contributed by atoms with E-state index in [0.717, 1.165) is 15.9 Å². The van der Waals surface area contributed by atoms with Crippen LogP contribution in [0.4, 0.5) is 0 Å². The first kappa shape index (κ1) is 20.1. The largest absolute Gasteiger partial charge is 0.493 e. The number of halogens is 1. The zero-order chi connectivity index (χ0) is 18.6. The van der Waals surface area contributed by atoms with Crippen molar-refractivity contribution in [2.45, 2.75) is 47.5 Å². The molecule has 0 spiro atoms. The maximum absolute atomic E-state index is 5.80. The van der Waals surface area contributed by atoms with Crippen molar-refractivity contribution < 1.29 is 9.47 Å². The van der Waals surface area contributed by atoms with E-state index in [-0.39, 0.29) is 0 Å². The Labute approximate surface area is 166 Å². The van der Waals surface area contributed by atoms with Crippen molar-refractivity contribution in [3.05, 3.63) is 57.6 Å². The molecule has 0 saturated heterocycles. The van der Waals surface area contributed by atoms with Crippen molar-refractivity contribution in [1.29, 1.82) is 0 Å². The first-order valence-corrected chi connectivity index (χ1v) is 10.5. The molecular weight excluding hydrogens is 423 g/mol. The smallest absolute Gasteiger partial charge is 0.125 e. The van der Waals surface area contributed by atoms with Crippen LogP contribution in [0.3, 0.4) is 0 Å². The van der Waals surface area contributed by atoms with Gasteiger partial charge in [-0.3, -0.25) is 0 Å². The molecule has 0 radical (unpaired) electrons. The summed E-state index contributed by atoms with van der Waals surface area (Å²) >= 11 is 2.49. The Morgan fingerprint density at radius 2 is 1.04 bits per heavy atom. The molecule has 0 aromatic heterocycles. The Bertz CT molecular complexity index is 629. The molecule has 2 rings (SSSR count). The SMILES string of the molecule is CCOc1c(C)cc(C(CI)c2cc(C)c(OCC)c(C)c2)cc1C. The standard InChI is InChI=1S/C22H29IO2/c1-7-24-21-14(3)9-18(10-15(21)4)20(13-23)19-11-16(5)22(25-8-2)17(6)12-19/h9-12,20H,7-8,13H2,1-6H3. The van der Waals surface area contributed by atoms with Crippen molar-refractivity contribution >= 4 is 22.6 Å². The second-order valence-corrected chi connectivity index (χ2v) is 7.42. The molecule has 0 bridgehead atoms. The number of alkyl halides is 1. The molecule has 136 valence electrons. The summed E-state index contributed by atoms with van der Waals surface area (Å²) in [6.07, 6.45) is 0. The zero-order valence-corrected chi connectivity index (χ0v) is 18.4. The fourth-order valence-corrected chi connectivity index (χ4v) is 4.50. The van der Waals surface area contributed by atoms with Crippen LogP contribution in [0.25, 0.3) is 0 Å². The molecule has 0 aliphatic heterocycles. The van der Waals surface area contributed by atoms with Crippen LogP contribution in [-0.2, 0) is 0 Å². The van der Waals surface area contributed by atoms with Crippen molar-refractivity contribution in [1.82, 2.24) is 0 Å². The minimum Gasteiger partial charge on any atom is -0.493 e. The van der Waals surface area contributed by atoms with E-state index < -0.39 is 0 Å². The molecular formula is C22H29IO2. The van der Waals surface area contributed by atoms with E-state index in [0.29, 0.717) is 19.1 Å². The lowest BCUT2D eigenvalue weighted by molar-refractivity contribution is 0.335. The van der Waals surface area contributed by atoms with Gasteiger partial charge in [-0.05, 0) is 74.9 Å². The van der Waals surface area contributed by atoms with E-state index in [1.54, 1.807) is 0 Å². The van der Waals surface area contributed by atoms with Crippen molar-refractivity contribution in [2.24, 2.45) is 0 Å². The van der Waals surface area contributed by atoms with Crippen LogP contribution in [0.2, 0.25) is 0 Å². The van der Waals surface area contributed by atoms with Crippen LogP contribution in [0.1, 0.15) is 53.1 Å². The van der Waals surface area contributed by atoms with Crippen molar-refractivity contribution in [3.8, 4) is 11.5 Å². The topological polar surface area (TPSA) is 18.5 Å². The average molecular weight is 452 g/mol. The fourth-order valence-electron chi connectivity index (χ4n) is 3.48. The van der Waals surface area contributed by atoms with E-state index in [9.17, 15) is 0 Å². The normalized spacial score (nSPS) is 11.0. The quantitative estimate of drug-likeness (QED) is 0.364. The summed E-state index contributed by atoms with van der Waals surface area (Å²) in [7, 11) is 0. The molecule has 2 nitrogen and oxygen atoms in total. The molecule has 2 aromatic carbocycles. The van der Waals surface area contributed by atoms with Gasteiger partial charge in [0.15, 0.2) is 0 Å². The van der Waals surface area contributed by atoms with Gasteiger partial charge >= 0.3 is 0 Å². The van der Waals surface area contributed by atoms with Crippen LogP contribution < -0.4 is 9.47 Å². The molecule has 0 aliphatic carbocycles. The van der Waals surface area contributed by atoms with Gasteiger partial charge in [0.05, 0.1) is 13.2 Å². The second kappa shape index (κ2) is 8.93. The van der Waals surface area contributed by atoms with Gasteiger partial charge in [0.1, 0.15) is 11.5 Å². The number of hydrogen-bond donors (Lipinski definition) is 0. The van der Waals surface area contributed by atoms with Gasteiger partial charge in [0.2, 0.25) is 0 Å². The molecule has 0 amide bonds. The molecule has 3 heteroatoms. The lowest BCUT2D eigenvalue weighted by Crippen LogP contribution is -2.07. The summed E-state index contributed by atoms with van der Waals surface area (Å²) in [6.45, 7) is 14.0. The van der Waals surface area contributed by atoms with Crippen LogP contribution >= 0.6 is 22.6 Å². The number of rotatable bonds is 7. The highest BCUT2D eigenvalue weighted by molar-refractivity contribution is 14.1. The van der Waals surface area contributed by atoms with Gasteiger partial charge < -0.3 is 9.47 Å². The molecule has 25 heavy (non-hydrogen) atoms.